The van der Waals surface area contributed by atoms with Gasteiger partial charge in [0.15, 0.2) is 0 Å². The van der Waals surface area contributed by atoms with Gasteiger partial charge in [-0.05, 0) is 25.2 Å². The molecule has 0 aromatic heterocycles. The van der Waals surface area contributed by atoms with Crippen molar-refractivity contribution in [3.8, 4) is 0 Å². The molecule has 4 nitrogen and oxygen atoms in total. The Kier molecular flexibility index (Phi) is 22.8. The number of hydrogen-bond donors (Lipinski definition) is 0. The van der Waals surface area contributed by atoms with E-state index in [2.05, 4.69) is 20.8 Å². The lowest BCUT2D eigenvalue weighted by Gasteiger charge is -2.09. The number of ether oxygens (including phenoxy) is 2. The molecule has 1 atom stereocenters. The third-order valence-corrected chi connectivity index (χ3v) is 6.00. The topological polar surface area (TPSA) is 52.6 Å². The van der Waals surface area contributed by atoms with Crippen molar-refractivity contribution in [1.82, 2.24) is 0 Å². The third kappa shape index (κ3) is 23.4. The van der Waals surface area contributed by atoms with Crippen LogP contribution in [0.1, 0.15) is 143 Å². The molecule has 0 aliphatic carbocycles. The third-order valence-electron chi connectivity index (χ3n) is 6.00. The maximum atomic E-state index is 11.8. The first kappa shape index (κ1) is 29.9. The van der Waals surface area contributed by atoms with E-state index < -0.39 is 0 Å². The number of carbonyl (C=O) groups is 2. The summed E-state index contributed by atoms with van der Waals surface area (Å²) in [5.74, 6) is 0.206. The van der Waals surface area contributed by atoms with Gasteiger partial charge in [0.05, 0.1) is 13.2 Å². The Labute approximate surface area is 193 Å². The van der Waals surface area contributed by atoms with Gasteiger partial charge in [0.2, 0.25) is 0 Å². The van der Waals surface area contributed by atoms with E-state index in [-0.39, 0.29) is 11.9 Å². The van der Waals surface area contributed by atoms with Crippen molar-refractivity contribution in [3.63, 3.8) is 0 Å². The molecule has 0 aliphatic heterocycles. The highest BCUT2D eigenvalue weighted by atomic mass is 16.5. The molecule has 31 heavy (non-hydrogen) atoms. The smallest absolute Gasteiger partial charge is 0.305 e. The molecule has 0 bridgehead atoms. The zero-order chi connectivity index (χ0) is 23.0. The first-order valence-electron chi connectivity index (χ1n) is 13.4. The van der Waals surface area contributed by atoms with E-state index in [9.17, 15) is 9.59 Å². The van der Waals surface area contributed by atoms with Crippen molar-refractivity contribution >= 4 is 11.9 Å². The summed E-state index contributed by atoms with van der Waals surface area (Å²) in [5.41, 5.74) is 0. The molecule has 0 fully saturated rings. The molecule has 0 heterocycles. The lowest BCUT2D eigenvalue weighted by Crippen LogP contribution is -2.11. The van der Waals surface area contributed by atoms with Gasteiger partial charge in [0.1, 0.15) is 0 Å². The highest BCUT2D eigenvalue weighted by Gasteiger charge is 2.07. The number of unbranched alkanes of at least 4 members (excludes halogenated alkanes) is 14. The maximum Gasteiger partial charge on any atom is 0.305 e. The lowest BCUT2D eigenvalue weighted by molar-refractivity contribution is -0.145. The molecule has 0 aromatic carbocycles. The molecule has 0 radical (unpaired) electrons. The van der Waals surface area contributed by atoms with Crippen molar-refractivity contribution in [1.29, 1.82) is 0 Å². The second-order valence-corrected chi connectivity index (χ2v) is 9.22. The number of hydrogen-bond acceptors (Lipinski definition) is 4. The van der Waals surface area contributed by atoms with Crippen LogP contribution in [0.3, 0.4) is 0 Å². The minimum Gasteiger partial charge on any atom is -0.466 e. The summed E-state index contributed by atoms with van der Waals surface area (Å²) in [5, 5.41) is 0. The van der Waals surface area contributed by atoms with Gasteiger partial charge in [0, 0.05) is 12.8 Å². The highest BCUT2D eigenvalue weighted by Crippen LogP contribution is 2.13. The predicted molar refractivity (Wildman–Crippen MR) is 130 cm³/mol. The molecule has 0 N–H and O–H groups in total. The number of esters is 2. The van der Waals surface area contributed by atoms with Crippen LogP contribution in [-0.4, -0.2) is 25.2 Å². The number of carbonyl (C=O) groups excluding carboxylic acids is 2. The normalized spacial score (nSPS) is 12.0. The quantitative estimate of drug-likeness (QED) is 0.119. The van der Waals surface area contributed by atoms with Gasteiger partial charge in [0.25, 0.3) is 0 Å². The van der Waals surface area contributed by atoms with Crippen molar-refractivity contribution in [3.05, 3.63) is 0 Å². The first-order valence-corrected chi connectivity index (χ1v) is 13.4. The summed E-state index contributed by atoms with van der Waals surface area (Å²) in [6.07, 6.45) is 21.5. The van der Waals surface area contributed by atoms with Crippen molar-refractivity contribution in [2.24, 2.45) is 5.92 Å². The van der Waals surface area contributed by atoms with Gasteiger partial charge in [-0.3, -0.25) is 9.59 Å². The van der Waals surface area contributed by atoms with Gasteiger partial charge in [-0.1, -0.05) is 111 Å². The van der Waals surface area contributed by atoms with E-state index in [1.54, 1.807) is 0 Å². The van der Waals surface area contributed by atoms with Crippen molar-refractivity contribution in [2.75, 3.05) is 13.2 Å². The maximum absolute atomic E-state index is 11.8. The van der Waals surface area contributed by atoms with Crippen LogP contribution in [0, 0.1) is 5.92 Å². The average molecular weight is 441 g/mol. The molecule has 0 saturated carbocycles. The van der Waals surface area contributed by atoms with Crippen molar-refractivity contribution in [2.45, 2.75) is 143 Å². The first-order chi connectivity index (χ1) is 15.1. The molecule has 0 rings (SSSR count). The van der Waals surface area contributed by atoms with Gasteiger partial charge >= 0.3 is 11.9 Å². The molecule has 0 amide bonds. The molecule has 0 saturated heterocycles. The van der Waals surface area contributed by atoms with Crippen LogP contribution in [0.4, 0.5) is 0 Å². The van der Waals surface area contributed by atoms with E-state index in [4.69, 9.17) is 9.47 Å². The Morgan fingerprint density at radius 2 is 1.00 bits per heavy atom. The highest BCUT2D eigenvalue weighted by molar-refractivity contribution is 5.69. The lowest BCUT2D eigenvalue weighted by atomic mass is 10.0. The molecule has 4 heteroatoms. The van der Waals surface area contributed by atoms with Crippen LogP contribution in [0.2, 0.25) is 0 Å². The van der Waals surface area contributed by atoms with Crippen LogP contribution >= 0.6 is 0 Å². The fourth-order valence-corrected chi connectivity index (χ4v) is 3.52. The molecule has 0 spiro atoms. The fraction of sp³-hybridized carbons (Fsp3) is 0.926. The van der Waals surface area contributed by atoms with Crippen LogP contribution in [0.5, 0.6) is 0 Å². The van der Waals surface area contributed by atoms with E-state index in [0.29, 0.717) is 32.0 Å². The van der Waals surface area contributed by atoms with Crippen LogP contribution in [0.25, 0.3) is 0 Å². The Morgan fingerprint density at radius 3 is 1.48 bits per heavy atom. The number of rotatable bonds is 23. The summed E-state index contributed by atoms with van der Waals surface area (Å²) < 4.78 is 10.5. The predicted octanol–water partition coefficient (Wildman–Crippen LogP) is 8.16. The monoisotopic (exact) mass is 440 g/mol. The van der Waals surface area contributed by atoms with Crippen LogP contribution in [-0.2, 0) is 19.1 Å². The minimum atomic E-state index is -0.120. The fourth-order valence-electron chi connectivity index (χ4n) is 3.52. The standard InChI is InChI=1S/C27H52O4/c1-4-6-7-8-9-10-11-12-13-14-15-16-20-23-30-26(28)21-18-17-19-22-27(29)31-24-25(3)5-2/h25H,4-24H2,1-3H3. The molecule has 0 aromatic rings. The molecule has 0 aliphatic rings. The van der Waals surface area contributed by atoms with Gasteiger partial charge < -0.3 is 9.47 Å². The van der Waals surface area contributed by atoms with Crippen molar-refractivity contribution < 1.29 is 19.1 Å². The van der Waals surface area contributed by atoms with E-state index in [1.807, 2.05) is 0 Å². The molecule has 184 valence electrons. The zero-order valence-corrected chi connectivity index (χ0v) is 21.1. The second kappa shape index (κ2) is 23.6. The molecule has 1 unspecified atom stereocenters. The molecular weight excluding hydrogens is 388 g/mol. The van der Waals surface area contributed by atoms with E-state index >= 15 is 0 Å². The Bertz CT molecular complexity index is 408. The largest absolute Gasteiger partial charge is 0.466 e. The zero-order valence-electron chi connectivity index (χ0n) is 21.1. The van der Waals surface area contributed by atoms with E-state index in [1.165, 1.54) is 70.6 Å². The summed E-state index contributed by atoms with van der Waals surface area (Å²) in [6.45, 7) is 7.51. The average Bonchev–Trinajstić information content (AvgIpc) is 2.77. The SMILES string of the molecule is CCCCCCCCCCCCCCCOC(=O)CCCCCC(=O)OCC(C)CC. The van der Waals surface area contributed by atoms with Gasteiger partial charge in [-0.25, -0.2) is 0 Å². The summed E-state index contributed by atoms with van der Waals surface area (Å²) in [4.78, 5) is 23.4. The summed E-state index contributed by atoms with van der Waals surface area (Å²) in [6, 6.07) is 0. The summed E-state index contributed by atoms with van der Waals surface area (Å²) >= 11 is 0. The summed E-state index contributed by atoms with van der Waals surface area (Å²) in [7, 11) is 0. The van der Waals surface area contributed by atoms with E-state index in [0.717, 1.165) is 38.5 Å². The Hall–Kier alpha value is -1.06. The van der Waals surface area contributed by atoms with Gasteiger partial charge in [-0.15, -0.1) is 0 Å². The molecular formula is C27H52O4. The second-order valence-electron chi connectivity index (χ2n) is 9.22. The Morgan fingerprint density at radius 1 is 0.581 bits per heavy atom. The van der Waals surface area contributed by atoms with Crippen LogP contribution < -0.4 is 0 Å². The Balaban J connectivity index is 3.27. The van der Waals surface area contributed by atoms with Gasteiger partial charge in [-0.2, -0.15) is 0 Å². The van der Waals surface area contributed by atoms with Crippen LogP contribution in [0.15, 0.2) is 0 Å². The minimum absolute atomic E-state index is 0.0988.